The van der Waals surface area contributed by atoms with Crippen LogP contribution in [0.25, 0.3) is 0 Å². The SMILES string of the molecule is CCN1CCN(C(C)c2cc(Br)ccc2O)CC1. The number of phenolic OH excluding ortho intramolecular Hbond substituents is 1. The molecule has 1 saturated heterocycles. The fourth-order valence-electron chi connectivity index (χ4n) is 2.52. The first-order valence-electron chi connectivity index (χ1n) is 6.56. The summed E-state index contributed by atoms with van der Waals surface area (Å²) < 4.78 is 1.02. The Balaban J connectivity index is 2.07. The third-order valence-corrected chi connectivity index (χ3v) is 4.33. The zero-order chi connectivity index (χ0) is 13.1. The van der Waals surface area contributed by atoms with Gasteiger partial charge >= 0.3 is 0 Å². The van der Waals surface area contributed by atoms with Crippen molar-refractivity contribution >= 4 is 15.9 Å². The van der Waals surface area contributed by atoms with Gasteiger partial charge < -0.3 is 10.0 Å². The van der Waals surface area contributed by atoms with Crippen LogP contribution in [0.2, 0.25) is 0 Å². The molecule has 0 radical (unpaired) electrons. The van der Waals surface area contributed by atoms with Gasteiger partial charge in [-0.05, 0) is 31.7 Å². The number of halogens is 1. The predicted octanol–water partition coefficient (Wildman–Crippen LogP) is 2.85. The molecule has 1 aliphatic heterocycles. The molecule has 1 unspecified atom stereocenters. The fourth-order valence-corrected chi connectivity index (χ4v) is 2.90. The van der Waals surface area contributed by atoms with Crippen LogP contribution in [0, 0.1) is 0 Å². The normalized spacial score (nSPS) is 19.9. The minimum absolute atomic E-state index is 0.265. The summed E-state index contributed by atoms with van der Waals surface area (Å²) in [4.78, 5) is 4.90. The molecule has 0 saturated carbocycles. The van der Waals surface area contributed by atoms with Crippen molar-refractivity contribution in [3.05, 3.63) is 28.2 Å². The predicted molar refractivity (Wildman–Crippen MR) is 77.9 cm³/mol. The second-order valence-electron chi connectivity index (χ2n) is 4.85. The molecule has 3 nitrogen and oxygen atoms in total. The second-order valence-corrected chi connectivity index (χ2v) is 5.77. The lowest BCUT2D eigenvalue weighted by molar-refractivity contribution is 0.105. The number of benzene rings is 1. The Hall–Kier alpha value is -0.580. The summed E-state index contributed by atoms with van der Waals surface area (Å²) in [7, 11) is 0. The van der Waals surface area contributed by atoms with E-state index in [1.165, 1.54) is 0 Å². The van der Waals surface area contributed by atoms with Crippen LogP contribution in [0.15, 0.2) is 22.7 Å². The van der Waals surface area contributed by atoms with E-state index in [-0.39, 0.29) is 6.04 Å². The monoisotopic (exact) mass is 312 g/mol. The molecular formula is C14H21BrN2O. The standard InChI is InChI=1S/C14H21BrN2O/c1-3-16-6-8-17(9-7-16)11(2)13-10-12(15)4-5-14(13)18/h4-5,10-11,18H,3,6-9H2,1-2H3. The molecule has 1 aromatic rings. The summed E-state index contributed by atoms with van der Waals surface area (Å²) in [5, 5.41) is 9.98. The van der Waals surface area contributed by atoms with Crippen LogP contribution in [0.5, 0.6) is 5.75 Å². The number of rotatable bonds is 3. The van der Waals surface area contributed by atoms with Gasteiger partial charge in [-0.2, -0.15) is 0 Å². The van der Waals surface area contributed by atoms with Gasteiger partial charge in [-0.25, -0.2) is 0 Å². The van der Waals surface area contributed by atoms with E-state index < -0.39 is 0 Å². The highest BCUT2D eigenvalue weighted by molar-refractivity contribution is 9.10. The van der Waals surface area contributed by atoms with Gasteiger partial charge in [0.25, 0.3) is 0 Å². The Labute approximate surface area is 118 Å². The van der Waals surface area contributed by atoms with Gasteiger partial charge in [-0.3, -0.25) is 4.90 Å². The van der Waals surface area contributed by atoms with E-state index >= 15 is 0 Å². The lowest BCUT2D eigenvalue weighted by atomic mass is 10.0. The highest BCUT2D eigenvalue weighted by atomic mass is 79.9. The van der Waals surface area contributed by atoms with Crippen LogP contribution in [0.3, 0.4) is 0 Å². The van der Waals surface area contributed by atoms with Crippen molar-refractivity contribution < 1.29 is 5.11 Å². The Morgan fingerprint density at radius 3 is 2.56 bits per heavy atom. The van der Waals surface area contributed by atoms with E-state index in [0.717, 1.165) is 42.8 Å². The molecule has 1 aliphatic rings. The maximum absolute atomic E-state index is 9.98. The molecule has 0 bridgehead atoms. The topological polar surface area (TPSA) is 26.7 Å². The van der Waals surface area contributed by atoms with E-state index in [1.54, 1.807) is 6.07 Å². The molecule has 18 heavy (non-hydrogen) atoms. The number of hydrogen-bond donors (Lipinski definition) is 1. The summed E-state index contributed by atoms with van der Waals surface area (Å²) in [6, 6.07) is 5.92. The highest BCUT2D eigenvalue weighted by Gasteiger charge is 2.23. The molecule has 1 heterocycles. The summed E-state index contributed by atoms with van der Waals surface area (Å²) >= 11 is 3.47. The Morgan fingerprint density at radius 2 is 1.94 bits per heavy atom. The molecule has 2 rings (SSSR count). The Bertz CT molecular complexity index is 403. The molecule has 100 valence electrons. The van der Waals surface area contributed by atoms with Crippen molar-refractivity contribution in [1.82, 2.24) is 9.80 Å². The molecule has 1 aromatic carbocycles. The number of nitrogens with zero attached hydrogens (tertiary/aromatic N) is 2. The Morgan fingerprint density at radius 1 is 1.28 bits per heavy atom. The van der Waals surface area contributed by atoms with Crippen molar-refractivity contribution in [1.29, 1.82) is 0 Å². The first-order chi connectivity index (χ1) is 8.61. The van der Waals surface area contributed by atoms with Gasteiger partial charge in [0.15, 0.2) is 0 Å². The van der Waals surface area contributed by atoms with E-state index in [1.807, 2.05) is 12.1 Å². The maximum atomic E-state index is 9.98. The molecule has 0 spiro atoms. The average Bonchev–Trinajstić information content (AvgIpc) is 2.41. The molecular weight excluding hydrogens is 292 g/mol. The molecule has 1 atom stereocenters. The first kappa shape index (κ1) is 13.8. The lowest BCUT2D eigenvalue weighted by Gasteiger charge is -2.38. The van der Waals surface area contributed by atoms with Gasteiger partial charge in [0.1, 0.15) is 5.75 Å². The molecule has 0 aromatic heterocycles. The number of piperazine rings is 1. The maximum Gasteiger partial charge on any atom is 0.120 e. The van der Waals surface area contributed by atoms with Gasteiger partial charge in [-0.15, -0.1) is 0 Å². The number of phenols is 1. The second kappa shape index (κ2) is 6.04. The van der Waals surface area contributed by atoms with Crippen molar-refractivity contribution in [3.63, 3.8) is 0 Å². The van der Waals surface area contributed by atoms with Gasteiger partial charge in [0.05, 0.1) is 0 Å². The minimum atomic E-state index is 0.265. The quantitative estimate of drug-likeness (QED) is 0.929. The van der Waals surface area contributed by atoms with Crippen LogP contribution >= 0.6 is 15.9 Å². The minimum Gasteiger partial charge on any atom is -0.508 e. The van der Waals surface area contributed by atoms with Gasteiger partial charge in [0, 0.05) is 42.3 Å². The number of hydrogen-bond acceptors (Lipinski definition) is 3. The molecule has 1 fully saturated rings. The van der Waals surface area contributed by atoms with E-state index in [0.29, 0.717) is 5.75 Å². The largest absolute Gasteiger partial charge is 0.508 e. The molecule has 0 amide bonds. The van der Waals surface area contributed by atoms with E-state index in [2.05, 4.69) is 39.6 Å². The number of likely N-dealkylation sites (N-methyl/N-ethyl adjacent to an activating group) is 1. The third-order valence-electron chi connectivity index (χ3n) is 3.84. The summed E-state index contributed by atoms with van der Waals surface area (Å²) in [6.07, 6.45) is 0. The highest BCUT2D eigenvalue weighted by Crippen LogP contribution is 2.31. The van der Waals surface area contributed by atoms with Crippen molar-refractivity contribution in [2.45, 2.75) is 19.9 Å². The van der Waals surface area contributed by atoms with Gasteiger partial charge in [-0.1, -0.05) is 22.9 Å². The first-order valence-corrected chi connectivity index (χ1v) is 7.36. The molecule has 4 heteroatoms. The molecule has 1 N–H and O–H groups in total. The summed E-state index contributed by atoms with van der Waals surface area (Å²) in [5.41, 5.74) is 1.01. The Kier molecular flexibility index (Phi) is 4.65. The van der Waals surface area contributed by atoms with Crippen LogP contribution in [0.4, 0.5) is 0 Å². The van der Waals surface area contributed by atoms with Crippen LogP contribution in [-0.4, -0.2) is 47.6 Å². The lowest BCUT2D eigenvalue weighted by Crippen LogP contribution is -2.46. The van der Waals surface area contributed by atoms with Crippen molar-refractivity contribution in [3.8, 4) is 5.75 Å². The van der Waals surface area contributed by atoms with Crippen LogP contribution in [0.1, 0.15) is 25.5 Å². The van der Waals surface area contributed by atoms with Crippen LogP contribution in [-0.2, 0) is 0 Å². The van der Waals surface area contributed by atoms with E-state index in [9.17, 15) is 5.11 Å². The third kappa shape index (κ3) is 3.05. The summed E-state index contributed by atoms with van der Waals surface area (Å²) in [5.74, 6) is 0.392. The van der Waals surface area contributed by atoms with Crippen molar-refractivity contribution in [2.75, 3.05) is 32.7 Å². The zero-order valence-corrected chi connectivity index (χ0v) is 12.7. The number of aromatic hydroxyl groups is 1. The average molecular weight is 313 g/mol. The summed E-state index contributed by atoms with van der Waals surface area (Å²) in [6.45, 7) is 9.89. The van der Waals surface area contributed by atoms with Crippen molar-refractivity contribution in [2.24, 2.45) is 0 Å². The smallest absolute Gasteiger partial charge is 0.120 e. The zero-order valence-electron chi connectivity index (χ0n) is 11.1. The van der Waals surface area contributed by atoms with E-state index in [4.69, 9.17) is 0 Å². The van der Waals surface area contributed by atoms with Gasteiger partial charge in [0.2, 0.25) is 0 Å². The van der Waals surface area contributed by atoms with Crippen LogP contribution < -0.4 is 0 Å². The fraction of sp³-hybridized carbons (Fsp3) is 0.571. The molecule has 0 aliphatic carbocycles.